The maximum atomic E-state index is 13.3. The molecule has 0 aliphatic carbocycles. The number of carbonyl (C=O) groups is 3. The van der Waals surface area contributed by atoms with E-state index in [1.165, 1.54) is 11.3 Å². The first-order valence-corrected chi connectivity index (χ1v) is 11.2. The summed E-state index contributed by atoms with van der Waals surface area (Å²) in [5.41, 5.74) is 0.704. The van der Waals surface area contributed by atoms with Gasteiger partial charge in [-0.1, -0.05) is 26.8 Å². The molecule has 0 atom stereocenters. The van der Waals surface area contributed by atoms with Gasteiger partial charge in [-0.2, -0.15) is 0 Å². The second-order valence-corrected chi connectivity index (χ2v) is 9.67. The molecule has 3 heterocycles. The number of urea groups is 1. The quantitative estimate of drug-likeness (QED) is 0.653. The molecule has 0 unspecified atom stereocenters. The zero-order valence-corrected chi connectivity index (χ0v) is 19.1. The van der Waals surface area contributed by atoms with Gasteiger partial charge in [0.2, 0.25) is 12.7 Å². The van der Waals surface area contributed by atoms with Crippen LogP contribution in [0.15, 0.2) is 24.3 Å². The van der Waals surface area contributed by atoms with Crippen molar-refractivity contribution >= 4 is 39.9 Å². The molecule has 0 radical (unpaired) electrons. The van der Waals surface area contributed by atoms with Gasteiger partial charge in [-0.05, 0) is 23.6 Å². The van der Waals surface area contributed by atoms with Crippen molar-refractivity contribution in [2.45, 2.75) is 32.6 Å². The Labute approximate surface area is 190 Å². The Hall–Kier alpha value is -3.27. The molecule has 4 rings (SSSR count). The smallest absolute Gasteiger partial charge is 0.324 e. The van der Waals surface area contributed by atoms with Gasteiger partial charge in [-0.25, -0.2) is 4.79 Å². The normalized spacial score (nSPS) is 15.7. The van der Waals surface area contributed by atoms with Crippen LogP contribution in [0, 0.1) is 0 Å². The summed E-state index contributed by atoms with van der Waals surface area (Å²) in [6.07, 6.45) is 0.256. The van der Waals surface area contributed by atoms with Gasteiger partial charge in [0.15, 0.2) is 11.5 Å². The summed E-state index contributed by atoms with van der Waals surface area (Å²) in [5, 5.41) is 8.84. The Bertz CT molecular complexity index is 1060. The van der Waals surface area contributed by atoms with Gasteiger partial charge < -0.3 is 25.0 Å². The number of nitrogens with one attached hydrogen (secondary N) is 3. The third-order valence-electron chi connectivity index (χ3n) is 5.17. The Morgan fingerprint density at radius 2 is 1.97 bits per heavy atom. The van der Waals surface area contributed by atoms with E-state index in [0.29, 0.717) is 47.4 Å². The zero-order chi connectivity index (χ0) is 22.9. The average molecular weight is 459 g/mol. The van der Waals surface area contributed by atoms with Crippen molar-refractivity contribution in [3.63, 3.8) is 0 Å². The van der Waals surface area contributed by atoms with Gasteiger partial charge in [0.1, 0.15) is 5.00 Å². The number of thiophene rings is 1. The molecule has 32 heavy (non-hydrogen) atoms. The third kappa shape index (κ3) is 4.64. The van der Waals surface area contributed by atoms with Gasteiger partial charge in [-0.15, -0.1) is 11.3 Å². The lowest BCUT2D eigenvalue weighted by Gasteiger charge is -2.20. The maximum absolute atomic E-state index is 13.3. The van der Waals surface area contributed by atoms with Gasteiger partial charge >= 0.3 is 6.03 Å². The first-order chi connectivity index (χ1) is 15.2. The molecule has 0 saturated carbocycles. The molecular weight excluding hydrogens is 432 g/mol. The number of benzene rings is 1. The van der Waals surface area contributed by atoms with Crippen LogP contribution >= 0.6 is 11.3 Å². The lowest BCUT2D eigenvalue weighted by atomic mass is 9.94. The molecule has 9 nitrogen and oxygen atoms in total. The molecule has 2 aliphatic heterocycles. The number of rotatable bonds is 3. The Morgan fingerprint density at radius 1 is 1.16 bits per heavy atom. The van der Waals surface area contributed by atoms with Crippen molar-refractivity contribution in [2.75, 3.05) is 37.1 Å². The van der Waals surface area contributed by atoms with Crippen molar-refractivity contribution < 1.29 is 23.9 Å². The van der Waals surface area contributed by atoms with Gasteiger partial charge in [-0.3, -0.25) is 14.9 Å². The summed E-state index contributed by atoms with van der Waals surface area (Å²) < 4.78 is 10.8. The highest BCUT2D eigenvalue weighted by atomic mass is 32.1. The molecule has 3 N–H and O–H groups in total. The molecule has 170 valence electrons. The van der Waals surface area contributed by atoms with Crippen LogP contribution in [0.1, 0.15) is 42.4 Å². The molecule has 0 bridgehead atoms. The monoisotopic (exact) mass is 458 g/mol. The number of hydrogen-bond donors (Lipinski definition) is 3. The summed E-state index contributed by atoms with van der Waals surface area (Å²) in [6.45, 7) is 7.42. The van der Waals surface area contributed by atoms with Crippen LogP contribution in [0.4, 0.5) is 15.5 Å². The molecule has 1 aromatic carbocycles. The van der Waals surface area contributed by atoms with Gasteiger partial charge in [0, 0.05) is 30.9 Å². The van der Waals surface area contributed by atoms with E-state index in [9.17, 15) is 14.4 Å². The number of anilines is 2. The van der Waals surface area contributed by atoms with Crippen LogP contribution in [0.5, 0.6) is 11.5 Å². The summed E-state index contributed by atoms with van der Waals surface area (Å²) in [7, 11) is 0. The molecule has 0 spiro atoms. The first-order valence-electron chi connectivity index (χ1n) is 10.4. The molecule has 2 aromatic rings. The molecule has 2 aliphatic rings. The highest BCUT2D eigenvalue weighted by Gasteiger charge is 2.28. The fraction of sp³-hybridized carbons (Fsp3) is 0.409. The lowest BCUT2D eigenvalue weighted by molar-refractivity contribution is -0.120. The van der Waals surface area contributed by atoms with Crippen LogP contribution in [0.2, 0.25) is 0 Å². The topological polar surface area (TPSA) is 109 Å². The Morgan fingerprint density at radius 3 is 2.75 bits per heavy atom. The second-order valence-electron chi connectivity index (χ2n) is 8.61. The van der Waals surface area contributed by atoms with Gasteiger partial charge in [0.25, 0.3) is 5.91 Å². The Kier molecular flexibility index (Phi) is 5.96. The highest BCUT2D eigenvalue weighted by molar-refractivity contribution is 7.16. The van der Waals surface area contributed by atoms with E-state index < -0.39 is 6.03 Å². The third-order valence-corrected chi connectivity index (χ3v) is 6.65. The van der Waals surface area contributed by atoms with Crippen LogP contribution in [0.3, 0.4) is 0 Å². The summed E-state index contributed by atoms with van der Waals surface area (Å²) >= 11 is 1.37. The van der Waals surface area contributed by atoms with Crippen molar-refractivity contribution in [3.8, 4) is 11.5 Å². The molecule has 4 amide bonds. The first kappa shape index (κ1) is 21.9. The largest absolute Gasteiger partial charge is 0.454 e. The highest BCUT2D eigenvalue weighted by Crippen LogP contribution is 2.40. The number of hydrogen-bond acceptors (Lipinski definition) is 6. The summed E-state index contributed by atoms with van der Waals surface area (Å²) in [5.74, 6) is 0.762. The number of para-hydroxylation sites is 1. The number of nitrogens with zero attached hydrogens (tertiary/aromatic N) is 1. The molecule has 10 heteroatoms. The number of fused-ring (bicyclic) bond motifs is 1. The van der Waals surface area contributed by atoms with E-state index in [4.69, 9.17) is 9.47 Å². The van der Waals surface area contributed by atoms with E-state index in [1.54, 1.807) is 23.1 Å². The predicted molar refractivity (Wildman–Crippen MR) is 122 cm³/mol. The summed E-state index contributed by atoms with van der Waals surface area (Å²) in [4.78, 5) is 40.4. The minimum Gasteiger partial charge on any atom is -0.454 e. The molecule has 1 aromatic heterocycles. The van der Waals surface area contributed by atoms with Gasteiger partial charge in [0.05, 0.1) is 11.3 Å². The van der Waals surface area contributed by atoms with Crippen molar-refractivity contribution in [3.05, 3.63) is 34.7 Å². The predicted octanol–water partition coefficient (Wildman–Crippen LogP) is 3.38. The van der Waals surface area contributed by atoms with E-state index in [2.05, 4.69) is 36.7 Å². The van der Waals surface area contributed by atoms with Crippen LogP contribution < -0.4 is 25.4 Å². The minimum absolute atomic E-state index is 0.0692. The fourth-order valence-corrected chi connectivity index (χ4v) is 4.54. The number of carbonyl (C=O) groups excluding carboxylic acids is 3. The van der Waals surface area contributed by atoms with Crippen LogP contribution in [0.25, 0.3) is 0 Å². The maximum Gasteiger partial charge on any atom is 0.324 e. The van der Waals surface area contributed by atoms with E-state index >= 15 is 0 Å². The van der Waals surface area contributed by atoms with E-state index in [-0.39, 0.29) is 30.4 Å². The minimum atomic E-state index is -0.488. The van der Waals surface area contributed by atoms with E-state index in [0.717, 1.165) is 4.88 Å². The number of ether oxygens (including phenoxy) is 2. The fourth-order valence-electron chi connectivity index (χ4n) is 3.44. The Balaban J connectivity index is 1.56. The standard InChI is InChI=1S/C22H26N4O5S/c1-22(2,3)16-11-13(20(28)26-9-7-17(27)23-8-10-26)19(32-16)25-21(29)24-14-5-4-6-15-18(14)31-12-30-15/h4-6,11H,7-10,12H2,1-3H3,(H,23,27)(H2,24,25,29). The average Bonchev–Trinajstić information content (AvgIpc) is 3.32. The van der Waals surface area contributed by atoms with Crippen molar-refractivity contribution in [1.82, 2.24) is 10.2 Å². The molecule has 1 fully saturated rings. The molecule has 1 saturated heterocycles. The molecular formula is C22H26N4O5S. The van der Waals surface area contributed by atoms with Crippen molar-refractivity contribution in [1.29, 1.82) is 0 Å². The lowest BCUT2D eigenvalue weighted by Crippen LogP contribution is -2.34. The van der Waals surface area contributed by atoms with E-state index in [1.807, 2.05) is 6.07 Å². The summed E-state index contributed by atoms with van der Waals surface area (Å²) in [6, 6.07) is 6.58. The van der Waals surface area contributed by atoms with Crippen molar-refractivity contribution in [2.24, 2.45) is 0 Å². The number of amides is 4. The SMILES string of the molecule is CC(C)(C)c1cc(C(=O)N2CCNC(=O)CC2)c(NC(=O)Nc2cccc3c2OCO3)s1. The van der Waals surface area contributed by atoms with Crippen LogP contribution in [-0.2, 0) is 10.2 Å². The second kappa shape index (κ2) is 8.70. The van der Waals surface area contributed by atoms with Crippen LogP contribution in [-0.4, -0.2) is 49.2 Å². The zero-order valence-electron chi connectivity index (χ0n) is 18.2.